The number of hydrogen-bond donors (Lipinski definition) is 4. The predicted molar refractivity (Wildman–Crippen MR) is 248 cm³/mol. The molecule has 9 rings (SSSR count). The Kier molecular flexibility index (Phi) is 11.7. The molecule has 0 saturated heterocycles. The summed E-state index contributed by atoms with van der Waals surface area (Å²) in [7, 11) is -18.2. The van der Waals surface area contributed by atoms with E-state index in [-0.39, 0.29) is 42.6 Å². The monoisotopic (exact) mass is 958 g/mol. The number of allylic oxidation sites excluding steroid dienone is 12. The molecular formula is C44H30MgN4O12S4. The number of aliphatic imine (C=N–C) groups is 4. The van der Waals surface area contributed by atoms with Crippen molar-refractivity contribution in [1.82, 2.24) is 0 Å². The van der Waals surface area contributed by atoms with Crippen LogP contribution in [0.1, 0.15) is 22.3 Å². The normalized spacial score (nSPS) is 17.2. The summed E-state index contributed by atoms with van der Waals surface area (Å²) in [5.74, 6) is 0. The lowest BCUT2D eigenvalue weighted by Crippen LogP contribution is -2.05. The van der Waals surface area contributed by atoms with Crippen LogP contribution in [0.2, 0.25) is 0 Å². The van der Waals surface area contributed by atoms with Crippen molar-refractivity contribution in [2.75, 3.05) is 0 Å². The van der Waals surface area contributed by atoms with Crippen LogP contribution < -0.4 is 0 Å². The molecular weight excluding hydrogens is 929 g/mol. The summed E-state index contributed by atoms with van der Waals surface area (Å²) >= 11 is 0. The highest BCUT2D eigenvalue weighted by molar-refractivity contribution is 7.86. The van der Waals surface area contributed by atoms with E-state index < -0.39 is 40.5 Å². The van der Waals surface area contributed by atoms with Crippen LogP contribution >= 0.6 is 0 Å². The Hall–Kier alpha value is -6.11. The van der Waals surface area contributed by atoms with Crippen molar-refractivity contribution in [2.24, 2.45) is 20.0 Å². The minimum Gasteiger partial charge on any atom is -0.282 e. The highest BCUT2D eigenvalue weighted by Gasteiger charge is 2.29. The molecule has 0 aliphatic carbocycles. The van der Waals surface area contributed by atoms with Crippen LogP contribution in [-0.2, 0) is 40.5 Å². The van der Waals surface area contributed by atoms with Crippen LogP contribution in [-0.4, -0.2) is 97.8 Å². The van der Waals surface area contributed by atoms with Gasteiger partial charge in [0.25, 0.3) is 40.5 Å². The molecule has 65 heavy (non-hydrogen) atoms. The van der Waals surface area contributed by atoms with E-state index in [1.165, 1.54) is 97.1 Å². The van der Waals surface area contributed by atoms with Crippen LogP contribution in [0.25, 0.3) is 22.3 Å². The number of nitrogens with zero attached hydrogens (tertiary/aromatic N) is 4. The first kappa shape index (κ1) is 45.5. The van der Waals surface area contributed by atoms with Crippen LogP contribution in [0, 0.1) is 0 Å². The van der Waals surface area contributed by atoms with E-state index in [0.717, 1.165) is 0 Å². The molecule has 0 atom stereocenters. The fourth-order valence-electron chi connectivity index (χ4n) is 7.44. The molecule has 4 aromatic carbocycles. The lowest BCUT2D eigenvalue weighted by molar-refractivity contribution is 0.481. The van der Waals surface area contributed by atoms with Gasteiger partial charge < -0.3 is 0 Å². The first-order valence-corrected chi connectivity index (χ1v) is 24.4. The lowest BCUT2D eigenvalue weighted by Gasteiger charge is -2.13. The van der Waals surface area contributed by atoms with Gasteiger partial charge in [-0.15, -0.1) is 0 Å². The van der Waals surface area contributed by atoms with Crippen LogP contribution in [0.15, 0.2) is 208 Å². The topological polar surface area (TPSA) is 267 Å². The first-order valence-electron chi connectivity index (χ1n) is 18.6. The van der Waals surface area contributed by atoms with E-state index in [1.807, 2.05) is 0 Å². The van der Waals surface area contributed by atoms with Gasteiger partial charge in [-0.1, -0.05) is 48.5 Å². The molecule has 4 N–H and O–H groups in total. The number of rotatable bonds is 8. The second-order valence-corrected chi connectivity index (χ2v) is 20.0. The number of benzene rings is 4. The maximum atomic E-state index is 12.0. The van der Waals surface area contributed by atoms with Gasteiger partial charge in [0.15, 0.2) is 0 Å². The fraction of sp³-hybridized carbons (Fsp3) is 0. The molecule has 5 heterocycles. The van der Waals surface area contributed by atoms with Crippen LogP contribution in [0.4, 0.5) is 0 Å². The lowest BCUT2D eigenvalue weighted by atomic mass is 9.98. The molecule has 0 unspecified atom stereocenters. The summed E-state index contributed by atoms with van der Waals surface area (Å²) in [5, 5.41) is 0. The van der Waals surface area contributed by atoms with Gasteiger partial charge in [-0.3, -0.25) is 18.2 Å². The maximum absolute atomic E-state index is 12.0. The van der Waals surface area contributed by atoms with E-state index in [2.05, 4.69) is 0 Å². The van der Waals surface area contributed by atoms with Crippen molar-refractivity contribution in [3.8, 4) is 0 Å². The summed E-state index contributed by atoms with van der Waals surface area (Å²) in [4.78, 5) is 18.7. The Morgan fingerprint density at radius 1 is 0.277 bits per heavy atom. The molecule has 4 aromatic rings. The number of fused-ring (bicyclic) bond motifs is 4. The molecule has 0 aromatic heterocycles. The predicted octanol–water partition coefficient (Wildman–Crippen LogP) is 5.76. The van der Waals surface area contributed by atoms with Crippen molar-refractivity contribution in [3.05, 3.63) is 191 Å². The third-order valence-electron chi connectivity index (χ3n) is 10.4. The summed E-state index contributed by atoms with van der Waals surface area (Å²) in [6.07, 6.45) is 13.6. The fourth-order valence-corrected chi connectivity index (χ4v) is 9.36. The molecule has 324 valence electrons. The van der Waals surface area contributed by atoms with E-state index >= 15 is 0 Å². The van der Waals surface area contributed by atoms with E-state index in [4.69, 9.17) is 20.0 Å². The molecule has 5 aliphatic heterocycles. The van der Waals surface area contributed by atoms with Crippen molar-refractivity contribution in [1.29, 1.82) is 0 Å². The van der Waals surface area contributed by atoms with Crippen molar-refractivity contribution in [2.45, 2.75) is 19.6 Å². The van der Waals surface area contributed by atoms with E-state index in [9.17, 15) is 51.9 Å². The smallest absolute Gasteiger partial charge is 0.282 e. The van der Waals surface area contributed by atoms with Gasteiger partial charge in [0.05, 0.1) is 65.2 Å². The third kappa shape index (κ3) is 8.98. The molecule has 0 amide bonds. The van der Waals surface area contributed by atoms with Crippen LogP contribution in [0.3, 0.4) is 0 Å². The Morgan fingerprint density at radius 3 is 0.600 bits per heavy atom. The minimum absolute atomic E-state index is 0. The molecule has 0 saturated carbocycles. The van der Waals surface area contributed by atoms with Gasteiger partial charge >= 0.3 is 23.1 Å². The van der Waals surface area contributed by atoms with Gasteiger partial charge in [-0.05, 0) is 119 Å². The molecule has 0 radical (unpaired) electrons. The summed E-state index contributed by atoms with van der Waals surface area (Å²) in [6.45, 7) is 0. The average molecular weight is 959 g/mol. The zero-order valence-corrected chi connectivity index (χ0v) is 35.6. The zero-order chi connectivity index (χ0) is 45.3. The van der Waals surface area contributed by atoms with Gasteiger partial charge in [0, 0.05) is 22.3 Å². The Balaban J connectivity index is 0.00000576. The summed E-state index contributed by atoms with van der Waals surface area (Å²) in [5.41, 5.74) is 6.28. The third-order valence-corrected chi connectivity index (χ3v) is 13.8. The standard InChI is InChI=1S/C44H28N4O12S4.Mg.2H/c49-61(50,51)29-9-1-25(2-10-29)41-33-17-19-35(45-33)42(26-3-11-30(12-4-26)62(52,53)54)37-21-23-39(47-37)44(28-7-15-32(16-8-28)64(58,59)60)40-24-22-38(48-40)43(36-20-18-34(41)46-36)27-5-13-31(14-6-27)63(55,56)57;;;/h1-24H,(H,49,50,51)(H,52,53,54)(H,55,56,57)(H,58,59,60);;;. The summed E-state index contributed by atoms with van der Waals surface area (Å²) in [6, 6.07) is 21.6. The van der Waals surface area contributed by atoms with Crippen molar-refractivity contribution in [3.63, 3.8) is 0 Å². The van der Waals surface area contributed by atoms with Crippen molar-refractivity contribution >= 4 is 109 Å². The molecule has 0 fully saturated rings. The second kappa shape index (κ2) is 16.7. The Morgan fingerprint density at radius 2 is 0.446 bits per heavy atom. The quantitative estimate of drug-likeness (QED) is 0.121. The van der Waals surface area contributed by atoms with E-state index in [1.54, 1.807) is 48.6 Å². The van der Waals surface area contributed by atoms with Gasteiger partial charge in [0.2, 0.25) is 0 Å². The molecule has 8 bridgehead atoms. The van der Waals surface area contributed by atoms with Crippen molar-refractivity contribution < 1.29 is 51.9 Å². The van der Waals surface area contributed by atoms with E-state index in [0.29, 0.717) is 90.2 Å². The Bertz CT molecular complexity index is 3150. The average Bonchev–Trinajstić information content (AvgIpc) is 4.08. The maximum Gasteiger partial charge on any atom is 0.316 e. The first-order chi connectivity index (χ1) is 30.2. The highest BCUT2D eigenvalue weighted by Crippen LogP contribution is 2.39. The zero-order valence-electron chi connectivity index (χ0n) is 32.3. The van der Waals surface area contributed by atoms with Gasteiger partial charge in [0.1, 0.15) is 0 Å². The minimum atomic E-state index is -4.56. The summed E-state index contributed by atoms with van der Waals surface area (Å²) < 4.78 is 135. The van der Waals surface area contributed by atoms with Gasteiger partial charge in [-0.25, -0.2) is 20.0 Å². The Labute approximate surface area is 388 Å². The second-order valence-electron chi connectivity index (χ2n) is 14.4. The molecule has 16 nitrogen and oxygen atoms in total. The molecule has 0 spiro atoms. The van der Waals surface area contributed by atoms with Crippen LogP contribution in [0.5, 0.6) is 0 Å². The number of hydrogen-bond acceptors (Lipinski definition) is 12. The SMILES string of the molecule is O=S(=O)(O)c1ccc(C2=C3C=CC(=N3)C(c3ccc(S(=O)(=O)O)cc3)=C3C=CC(=N3)C(c3ccc(S(=O)(=O)O)cc3)=C3C=CC(=N3)C(c3ccc(S(=O)(=O)O)cc3)=C3C=CC2=N3)cc1.[MgH2]. The molecule has 5 aliphatic rings. The molecule has 21 heteroatoms. The largest absolute Gasteiger partial charge is 0.316 e. The highest BCUT2D eigenvalue weighted by atomic mass is 32.2. The van der Waals surface area contributed by atoms with Gasteiger partial charge in [-0.2, -0.15) is 33.7 Å².